The number of aromatic nitrogens is 1. The first-order valence-electron chi connectivity index (χ1n) is 6.18. The van der Waals surface area contributed by atoms with Crippen LogP contribution in [0.3, 0.4) is 0 Å². The monoisotopic (exact) mass is 309 g/mol. The van der Waals surface area contributed by atoms with Gasteiger partial charge in [-0.1, -0.05) is 6.92 Å². The second-order valence-electron chi connectivity index (χ2n) is 4.71. The number of rotatable bonds is 6. The van der Waals surface area contributed by atoms with E-state index in [1.165, 1.54) is 6.92 Å². The summed E-state index contributed by atoms with van der Waals surface area (Å²) in [5.41, 5.74) is -0.172. The number of carboxylic acids is 1. The average molecular weight is 309 g/mol. The van der Waals surface area contributed by atoms with Crippen LogP contribution in [0, 0.1) is 0 Å². The lowest BCUT2D eigenvalue weighted by Crippen LogP contribution is -2.20. The molecular formula is C13H15F4NO3. The first kappa shape index (κ1) is 17.2. The lowest BCUT2D eigenvalue weighted by molar-refractivity contribution is -0.154. The normalized spacial score (nSPS) is 14.6. The smallest absolute Gasteiger partial charge is 0.422 e. The third-order valence-corrected chi connectivity index (χ3v) is 2.66. The van der Waals surface area contributed by atoms with E-state index in [-0.39, 0.29) is 23.6 Å². The molecule has 4 nitrogen and oxygen atoms in total. The summed E-state index contributed by atoms with van der Waals surface area (Å²) in [6.07, 6.45) is -5.70. The van der Waals surface area contributed by atoms with Crippen LogP contribution < -0.4 is 4.74 Å². The van der Waals surface area contributed by atoms with Gasteiger partial charge in [-0.2, -0.15) is 13.2 Å². The van der Waals surface area contributed by atoms with Crippen molar-refractivity contribution >= 4 is 5.97 Å². The number of carbonyl (C=O) groups is 1. The highest BCUT2D eigenvalue weighted by molar-refractivity contribution is 5.89. The van der Waals surface area contributed by atoms with Crippen LogP contribution in [0.5, 0.6) is 5.88 Å². The Balaban J connectivity index is 3.03. The summed E-state index contributed by atoms with van der Waals surface area (Å²) in [7, 11) is 0. The van der Waals surface area contributed by atoms with Gasteiger partial charge in [0.25, 0.3) is 0 Å². The van der Waals surface area contributed by atoms with Gasteiger partial charge in [-0.25, -0.2) is 14.2 Å². The van der Waals surface area contributed by atoms with Crippen LogP contribution in [0.15, 0.2) is 12.1 Å². The maximum absolute atomic E-state index is 13.0. The molecule has 2 unspecified atom stereocenters. The van der Waals surface area contributed by atoms with E-state index >= 15 is 0 Å². The quantitative estimate of drug-likeness (QED) is 0.816. The number of hydrogen-bond acceptors (Lipinski definition) is 3. The molecule has 0 aromatic carbocycles. The Hall–Kier alpha value is -1.86. The fourth-order valence-electron chi connectivity index (χ4n) is 1.85. The summed E-state index contributed by atoms with van der Waals surface area (Å²) in [6.45, 7) is 1.33. The molecule has 0 amide bonds. The van der Waals surface area contributed by atoms with E-state index in [4.69, 9.17) is 5.11 Å². The van der Waals surface area contributed by atoms with E-state index in [1.54, 1.807) is 6.92 Å². The zero-order valence-electron chi connectivity index (χ0n) is 11.4. The standard InChI is InChI=1S/C13H15F4NO3/c1-7(5-8(2)14)11-9(12(19)20)3-4-10(18-11)21-6-13(15,16)17/h3-4,7-8H,5-6H2,1-2H3,(H,19,20). The first-order valence-corrected chi connectivity index (χ1v) is 6.18. The summed E-state index contributed by atoms with van der Waals surface area (Å²) in [4.78, 5) is 14.9. The van der Waals surface area contributed by atoms with Crippen molar-refractivity contribution in [3.8, 4) is 5.88 Å². The highest BCUT2D eigenvalue weighted by Crippen LogP contribution is 2.26. The molecule has 0 aliphatic carbocycles. The lowest BCUT2D eigenvalue weighted by atomic mass is 9.97. The summed E-state index contributed by atoms with van der Waals surface area (Å²) in [6, 6.07) is 2.15. The third kappa shape index (κ3) is 5.57. The van der Waals surface area contributed by atoms with Gasteiger partial charge in [-0.15, -0.1) is 0 Å². The van der Waals surface area contributed by atoms with Crippen molar-refractivity contribution in [3.05, 3.63) is 23.4 Å². The molecule has 1 heterocycles. The van der Waals surface area contributed by atoms with Crippen molar-refractivity contribution in [1.82, 2.24) is 4.98 Å². The molecular weight excluding hydrogens is 294 g/mol. The summed E-state index contributed by atoms with van der Waals surface area (Å²) >= 11 is 0. The molecule has 0 fully saturated rings. The van der Waals surface area contributed by atoms with Gasteiger partial charge >= 0.3 is 12.1 Å². The Morgan fingerprint density at radius 3 is 2.48 bits per heavy atom. The number of aromatic carboxylic acids is 1. The van der Waals surface area contributed by atoms with Crippen LogP contribution >= 0.6 is 0 Å². The topological polar surface area (TPSA) is 59.4 Å². The Kier molecular flexibility index (Phi) is 5.51. The minimum atomic E-state index is -4.52. The molecule has 0 aliphatic heterocycles. The van der Waals surface area contributed by atoms with Crippen LogP contribution in [0.2, 0.25) is 0 Å². The molecule has 8 heteroatoms. The van der Waals surface area contributed by atoms with Crippen molar-refractivity contribution in [2.75, 3.05) is 6.61 Å². The van der Waals surface area contributed by atoms with E-state index < -0.39 is 30.8 Å². The molecule has 0 radical (unpaired) electrons. The van der Waals surface area contributed by atoms with Gasteiger partial charge in [0.15, 0.2) is 6.61 Å². The Labute approximate surface area is 118 Å². The molecule has 1 rings (SSSR count). The predicted octanol–water partition coefficient (Wildman–Crippen LogP) is 3.57. The molecule has 118 valence electrons. The second-order valence-corrected chi connectivity index (χ2v) is 4.71. The van der Waals surface area contributed by atoms with Crippen molar-refractivity contribution < 1.29 is 32.2 Å². The number of pyridine rings is 1. The predicted molar refractivity (Wildman–Crippen MR) is 66.3 cm³/mol. The van der Waals surface area contributed by atoms with E-state index in [0.29, 0.717) is 0 Å². The van der Waals surface area contributed by atoms with Crippen molar-refractivity contribution in [2.24, 2.45) is 0 Å². The molecule has 1 N–H and O–H groups in total. The Morgan fingerprint density at radius 2 is 2.00 bits per heavy atom. The maximum atomic E-state index is 13.0. The third-order valence-electron chi connectivity index (χ3n) is 2.66. The molecule has 21 heavy (non-hydrogen) atoms. The summed E-state index contributed by atoms with van der Waals surface area (Å²) < 4.78 is 53.7. The maximum Gasteiger partial charge on any atom is 0.422 e. The van der Waals surface area contributed by atoms with E-state index in [1.807, 2.05) is 0 Å². The van der Waals surface area contributed by atoms with Crippen molar-refractivity contribution in [1.29, 1.82) is 0 Å². The zero-order valence-corrected chi connectivity index (χ0v) is 11.4. The molecule has 1 aromatic heterocycles. The molecule has 0 aliphatic rings. The molecule has 2 atom stereocenters. The number of hydrogen-bond donors (Lipinski definition) is 1. The van der Waals surface area contributed by atoms with Crippen molar-refractivity contribution in [3.63, 3.8) is 0 Å². The lowest BCUT2D eigenvalue weighted by Gasteiger charge is -2.16. The molecule has 0 bridgehead atoms. The summed E-state index contributed by atoms with van der Waals surface area (Å²) in [5.74, 6) is -2.19. The van der Waals surface area contributed by atoms with Gasteiger partial charge in [-0.05, 0) is 19.4 Å². The molecule has 1 aromatic rings. The fourth-order valence-corrected chi connectivity index (χ4v) is 1.85. The molecule has 0 saturated carbocycles. The number of halogens is 4. The number of alkyl halides is 4. The number of carboxylic acid groups (broad SMARTS) is 1. The van der Waals surface area contributed by atoms with Crippen LogP contribution in [0.4, 0.5) is 17.6 Å². The largest absolute Gasteiger partial charge is 0.478 e. The van der Waals surface area contributed by atoms with Gasteiger partial charge < -0.3 is 9.84 Å². The highest BCUT2D eigenvalue weighted by Gasteiger charge is 2.29. The SMILES string of the molecule is CC(F)CC(C)c1nc(OCC(F)(F)F)ccc1C(=O)O. The van der Waals surface area contributed by atoms with Crippen LogP contribution in [0.25, 0.3) is 0 Å². The highest BCUT2D eigenvalue weighted by atomic mass is 19.4. The molecule has 0 saturated heterocycles. The number of nitrogens with zero attached hydrogens (tertiary/aromatic N) is 1. The minimum absolute atomic E-state index is 0.00618. The van der Waals surface area contributed by atoms with Crippen LogP contribution in [0.1, 0.15) is 42.2 Å². The second kappa shape index (κ2) is 6.73. The molecule has 0 spiro atoms. The van der Waals surface area contributed by atoms with Crippen LogP contribution in [-0.2, 0) is 0 Å². The van der Waals surface area contributed by atoms with Crippen molar-refractivity contribution in [2.45, 2.75) is 38.5 Å². The zero-order chi connectivity index (χ0) is 16.2. The van der Waals surface area contributed by atoms with E-state index in [9.17, 15) is 22.4 Å². The average Bonchev–Trinajstić information content (AvgIpc) is 2.34. The van der Waals surface area contributed by atoms with Gasteiger partial charge in [0, 0.05) is 12.0 Å². The Morgan fingerprint density at radius 1 is 1.38 bits per heavy atom. The Bertz CT molecular complexity index is 503. The first-order chi connectivity index (χ1) is 9.60. The minimum Gasteiger partial charge on any atom is -0.478 e. The van der Waals surface area contributed by atoms with Gasteiger partial charge in [0.1, 0.15) is 0 Å². The summed E-state index contributed by atoms with van der Waals surface area (Å²) in [5, 5.41) is 9.04. The van der Waals surface area contributed by atoms with Gasteiger partial charge in [-0.3, -0.25) is 0 Å². The van der Waals surface area contributed by atoms with E-state index in [2.05, 4.69) is 9.72 Å². The fraction of sp³-hybridized carbons (Fsp3) is 0.538. The van der Waals surface area contributed by atoms with Gasteiger partial charge in [0.2, 0.25) is 5.88 Å². The van der Waals surface area contributed by atoms with E-state index in [0.717, 1.165) is 12.1 Å². The van der Waals surface area contributed by atoms with Gasteiger partial charge in [0.05, 0.1) is 17.4 Å². The number of ether oxygens (including phenoxy) is 1. The van der Waals surface area contributed by atoms with Crippen LogP contribution in [-0.4, -0.2) is 35.0 Å².